The van der Waals surface area contributed by atoms with Gasteiger partial charge in [-0.1, -0.05) is 0 Å². The van der Waals surface area contributed by atoms with Crippen LogP contribution in [0.3, 0.4) is 0 Å². The second-order valence-electron chi connectivity index (χ2n) is 5.08. The fraction of sp³-hybridized carbons (Fsp3) is 0.700. The lowest BCUT2D eigenvalue weighted by molar-refractivity contribution is -0.143. The van der Waals surface area contributed by atoms with Crippen molar-refractivity contribution < 1.29 is 31.6 Å². The van der Waals surface area contributed by atoms with E-state index in [1.54, 1.807) is 0 Å². The number of hydrogen-bond acceptors (Lipinski definition) is 6. The van der Waals surface area contributed by atoms with Gasteiger partial charge in [0.25, 0.3) is 5.91 Å². The third-order valence-corrected chi connectivity index (χ3v) is 3.79. The number of hydroxylamine groups is 2. The molecule has 2 unspecified atom stereocenters. The lowest BCUT2D eigenvalue weighted by Gasteiger charge is -2.32. The van der Waals surface area contributed by atoms with E-state index >= 15 is 0 Å². The van der Waals surface area contributed by atoms with Gasteiger partial charge in [0, 0.05) is 20.5 Å². The van der Waals surface area contributed by atoms with Gasteiger partial charge in [-0.3, -0.25) is 24.6 Å². The summed E-state index contributed by atoms with van der Waals surface area (Å²) in [5, 5.41) is 1.54. The van der Waals surface area contributed by atoms with E-state index < -0.39 is 40.3 Å². The predicted octanol–water partition coefficient (Wildman–Crippen LogP) is -1.50. The minimum absolute atomic E-state index is 0.0959. The van der Waals surface area contributed by atoms with E-state index in [0.717, 1.165) is 9.91 Å². The van der Waals surface area contributed by atoms with Crippen LogP contribution >= 0.6 is 0 Å². The Balaban J connectivity index is 2.12. The fourth-order valence-corrected chi connectivity index (χ4v) is 2.99. The Labute approximate surface area is 126 Å². The molecule has 22 heavy (non-hydrogen) atoms. The molecule has 2 saturated heterocycles. The first-order valence-corrected chi connectivity index (χ1v) is 7.78. The maximum Gasteiger partial charge on any atom is 0.418 e. The first-order valence-electron chi connectivity index (χ1n) is 6.42. The number of piperidine rings is 1. The number of nitrogens with zero attached hydrogens (tertiary/aromatic N) is 3. The number of likely N-dealkylation sites (N-methyl/N-ethyl adjacent to an activating group) is 1. The second-order valence-corrected chi connectivity index (χ2v) is 6.08. The van der Waals surface area contributed by atoms with Crippen molar-refractivity contribution in [2.24, 2.45) is 0 Å². The zero-order valence-corrected chi connectivity index (χ0v) is 12.7. The van der Waals surface area contributed by atoms with Gasteiger partial charge in [-0.15, -0.1) is 4.28 Å². The molecular weight excluding hydrogens is 320 g/mol. The second kappa shape index (κ2) is 5.70. The number of nitrogens with one attached hydrogen (secondary N) is 1. The summed E-state index contributed by atoms with van der Waals surface area (Å²) in [4.78, 5) is 36.5. The Bertz CT molecular complexity index is 606. The lowest BCUT2D eigenvalue weighted by atomic mass is 10.0. The van der Waals surface area contributed by atoms with Gasteiger partial charge in [-0.05, 0) is 12.8 Å². The number of hydrogen-bond donors (Lipinski definition) is 2. The molecule has 0 aromatic rings. The Hall–Kier alpha value is -1.92. The zero-order valence-electron chi connectivity index (χ0n) is 11.9. The van der Waals surface area contributed by atoms with Crippen molar-refractivity contribution in [2.75, 3.05) is 13.6 Å². The van der Waals surface area contributed by atoms with E-state index in [2.05, 4.69) is 9.71 Å². The smallest absolute Gasteiger partial charge is 0.309 e. The third-order valence-electron chi connectivity index (χ3n) is 3.44. The molecular formula is C10H16N4O7S. The van der Waals surface area contributed by atoms with Crippen LogP contribution in [0, 0.1) is 0 Å². The lowest BCUT2D eigenvalue weighted by Crippen LogP contribution is -2.54. The van der Waals surface area contributed by atoms with Crippen LogP contribution in [0.1, 0.15) is 19.8 Å². The first kappa shape index (κ1) is 16.5. The number of amides is 4. The first-order chi connectivity index (χ1) is 10.1. The normalized spacial score (nSPS) is 24.4. The highest BCUT2D eigenvalue weighted by atomic mass is 32.3. The van der Waals surface area contributed by atoms with Crippen molar-refractivity contribution in [2.45, 2.75) is 31.8 Å². The van der Waals surface area contributed by atoms with Gasteiger partial charge in [-0.25, -0.2) is 4.79 Å². The number of carbonyl (C=O) groups excluding carboxylic acids is 3. The number of urea groups is 1. The molecule has 0 aromatic heterocycles. The van der Waals surface area contributed by atoms with Crippen LogP contribution in [0.2, 0.25) is 0 Å². The van der Waals surface area contributed by atoms with Crippen molar-refractivity contribution >= 4 is 28.2 Å². The molecule has 2 N–H and O–H groups in total. The fourth-order valence-electron chi connectivity index (χ4n) is 2.60. The molecule has 2 fully saturated rings. The quantitative estimate of drug-likeness (QED) is 0.472. The molecule has 2 aliphatic rings. The minimum atomic E-state index is -4.82. The average molecular weight is 336 g/mol. The van der Waals surface area contributed by atoms with Crippen molar-refractivity contribution in [1.82, 2.24) is 20.4 Å². The maximum absolute atomic E-state index is 12.2. The van der Waals surface area contributed by atoms with Gasteiger partial charge in [0.2, 0.25) is 5.91 Å². The SMILES string of the molecule is CC(=O)NN(C)C(=O)C1CCC2CN1C(=O)N2OS(=O)(=O)O. The van der Waals surface area contributed by atoms with Crippen molar-refractivity contribution in [3.05, 3.63) is 0 Å². The van der Waals surface area contributed by atoms with Crippen molar-refractivity contribution in [1.29, 1.82) is 0 Å². The molecule has 0 radical (unpaired) electrons. The summed E-state index contributed by atoms with van der Waals surface area (Å²) in [6, 6.07) is -2.23. The van der Waals surface area contributed by atoms with E-state index in [-0.39, 0.29) is 13.0 Å². The Morgan fingerprint density at radius 1 is 1.41 bits per heavy atom. The highest BCUT2D eigenvalue weighted by Gasteiger charge is 2.49. The van der Waals surface area contributed by atoms with Crippen LogP contribution in [0.5, 0.6) is 0 Å². The van der Waals surface area contributed by atoms with Crippen molar-refractivity contribution in [3.63, 3.8) is 0 Å². The standard InChI is InChI=1S/C10H16N4O7S/c1-6(15)11-12(2)9(16)8-4-3-7-5-13(8)10(17)14(7)21-22(18,19)20/h7-8H,3-5H2,1-2H3,(H,11,15)(H,18,19,20). The Morgan fingerprint density at radius 2 is 2.05 bits per heavy atom. The summed E-state index contributed by atoms with van der Waals surface area (Å²) in [6.07, 6.45) is 0.604. The van der Waals surface area contributed by atoms with Gasteiger partial charge < -0.3 is 4.90 Å². The van der Waals surface area contributed by atoms with Crippen LogP contribution in [0.15, 0.2) is 0 Å². The van der Waals surface area contributed by atoms with Crippen LogP contribution in [-0.4, -0.2) is 71.5 Å². The molecule has 0 saturated carbocycles. The number of rotatable bonds is 3. The number of carbonyl (C=O) groups is 3. The van der Waals surface area contributed by atoms with Crippen LogP contribution in [0.25, 0.3) is 0 Å². The van der Waals surface area contributed by atoms with Gasteiger partial charge in [-0.2, -0.15) is 13.5 Å². The topological polar surface area (TPSA) is 137 Å². The molecule has 11 nitrogen and oxygen atoms in total. The summed E-state index contributed by atoms with van der Waals surface area (Å²) in [5.41, 5.74) is 2.29. The molecule has 0 aliphatic carbocycles. The summed E-state index contributed by atoms with van der Waals surface area (Å²) >= 11 is 0. The van der Waals surface area contributed by atoms with E-state index in [9.17, 15) is 22.8 Å². The van der Waals surface area contributed by atoms with Gasteiger partial charge in [0.05, 0.1) is 6.04 Å². The van der Waals surface area contributed by atoms with Gasteiger partial charge >= 0.3 is 16.4 Å². The summed E-state index contributed by atoms with van der Waals surface area (Å²) < 4.78 is 34.5. The van der Waals surface area contributed by atoms with Crippen LogP contribution in [0.4, 0.5) is 4.79 Å². The highest BCUT2D eigenvalue weighted by Crippen LogP contribution is 2.31. The van der Waals surface area contributed by atoms with Gasteiger partial charge in [0.15, 0.2) is 0 Å². The van der Waals surface area contributed by atoms with Crippen LogP contribution < -0.4 is 5.43 Å². The highest BCUT2D eigenvalue weighted by molar-refractivity contribution is 7.80. The predicted molar refractivity (Wildman–Crippen MR) is 70.0 cm³/mol. The number of fused-ring (bicyclic) bond motifs is 2. The van der Waals surface area contributed by atoms with E-state index in [1.807, 2.05) is 0 Å². The number of hydrazine groups is 1. The molecule has 2 aliphatic heterocycles. The molecule has 2 atom stereocenters. The Kier molecular flexibility index (Phi) is 4.26. The molecule has 2 bridgehead atoms. The third kappa shape index (κ3) is 3.28. The van der Waals surface area contributed by atoms with Gasteiger partial charge in [0.1, 0.15) is 6.04 Å². The average Bonchev–Trinajstić information content (AvgIpc) is 2.61. The van der Waals surface area contributed by atoms with E-state index in [4.69, 9.17) is 4.55 Å². The monoisotopic (exact) mass is 336 g/mol. The molecule has 4 amide bonds. The summed E-state index contributed by atoms with van der Waals surface area (Å²) in [7, 11) is -3.47. The molecule has 2 heterocycles. The molecule has 2 rings (SSSR count). The molecule has 0 spiro atoms. The van der Waals surface area contributed by atoms with E-state index in [0.29, 0.717) is 11.5 Å². The largest absolute Gasteiger partial charge is 0.418 e. The Morgan fingerprint density at radius 3 is 2.59 bits per heavy atom. The van der Waals surface area contributed by atoms with E-state index in [1.165, 1.54) is 14.0 Å². The summed E-state index contributed by atoms with van der Waals surface area (Å²) in [5.74, 6) is -0.940. The zero-order chi connectivity index (χ0) is 16.7. The molecule has 124 valence electrons. The van der Waals surface area contributed by atoms with Crippen molar-refractivity contribution in [3.8, 4) is 0 Å². The molecule has 12 heteroatoms. The maximum atomic E-state index is 12.2. The minimum Gasteiger partial charge on any atom is -0.309 e. The molecule has 0 aromatic carbocycles. The summed E-state index contributed by atoms with van der Waals surface area (Å²) in [6.45, 7) is 1.34. The van der Waals surface area contributed by atoms with Crippen LogP contribution in [-0.2, 0) is 24.3 Å².